The first-order chi connectivity index (χ1) is 7.22. The molecule has 0 radical (unpaired) electrons. The maximum atomic E-state index is 5.05. The van der Waals surface area contributed by atoms with Crippen LogP contribution in [-0.2, 0) is 17.8 Å². The summed E-state index contributed by atoms with van der Waals surface area (Å²) < 4.78 is 5.05. The van der Waals surface area contributed by atoms with Gasteiger partial charge in [-0.15, -0.1) is 0 Å². The van der Waals surface area contributed by atoms with Crippen molar-refractivity contribution in [3.63, 3.8) is 0 Å². The van der Waals surface area contributed by atoms with Crippen LogP contribution < -0.4 is 0 Å². The highest BCUT2D eigenvalue weighted by Gasteiger charge is 1.97. The molecule has 1 nitrogen and oxygen atoms in total. The van der Waals surface area contributed by atoms with E-state index in [2.05, 4.69) is 38.1 Å². The van der Waals surface area contributed by atoms with E-state index in [0.717, 1.165) is 12.3 Å². The van der Waals surface area contributed by atoms with Crippen LogP contribution in [0.3, 0.4) is 0 Å². The van der Waals surface area contributed by atoms with Gasteiger partial charge in [0, 0.05) is 7.11 Å². The van der Waals surface area contributed by atoms with Crippen molar-refractivity contribution in [2.75, 3.05) is 7.11 Å². The molecule has 0 bridgehead atoms. The van der Waals surface area contributed by atoms with Gasteiger partial charge in [0.15, 0.2) is 0 Å². The van der Waals surface area contributed by atoms with Crippen LogP contribution in [0, 0.1) is 5.92 Å². The Hall–Kier alpha value is -0.820. The maximum absolute atomic E-state index is 5.05. The van der Waals surface area contributed by atoms with Crippen molar-refractivity contribution < 1.29 is 4.74 Å². The van der Waals surface area contributed by atoms with E-state index in [0.29, 0.717) is 6.61 Å². The van der Waals surface area contributed by atoms with Crippen LogP contribution in [0.25, 0.3) is 0 Å². The van der Waals surface area contributed by atoms with Crippen molar-refractivity contribution in [2.45, 2.75) is 40.7 Å². The number of hydrogen-bond donors (Lipinski definition) is 0. The molecule has 0 atom stereocenters. The first kappa shape index (κ1) is 14.2. The van der Waals surface area contributed by atoms with E-state index in [1.54, 1.807) is 7.11 Å². The number of ether oxygens (including phenoxy) is 1. The number of benzene rings is 1. The predicted molar refractivity (Wildman–Crippen MR) is 67.0 cm³/mol. The summed E-state index contributed by atoms with van der Waals surface area (Å²) in [7, 11) is 1.72. The topological polar surface area (TPSA) is 9.23 Å². The Morgan fingerprint density at radius 1 is 1.00 bits per heavy atom. The highest BCUT2D eigenvalue weighted by Crippen LogP contribution is 2.10. The molecule has 0 aliphatic carbocycles. The predicted octanol–water partition coefficient (Wildman–Crippen LogP) is 4.06. The van der Waals surface area contributed by atoms with Crippen LogP contribution in [0.1, 0.15) is 38.8 Å². The Kier molecular flexibility index (Phi) is 8.02. The van der Waals surface area contributed by atoms with Crippen LogP contribution in [0.5, 0.6) is 0 Å². The molecule has 1 heteroatoms. The van der Waals surface area contributed by atoms with E-state index in [4.69, 9.17) is 4.74 Å². The van der Waals surface area contributed by atoms with E-state index in [1.165, 1.54) is 11.1 Å². The lowest BCUT2D eigenvalue weighted by atomic mass is 10.0. The number of methoxy groups -OCH3 is 1. The van der Waals surface area contributed by atoms with Crippen LogP contribution in [0.15, 0.2) is 24.3 Å². The van der Waals surface area contributed by atoms with Gasteiger partial charge in [0.1, 0.15) is 0 Å². The van der Waals surface area contributed by atoms with E-state index >= 15 is 0 Å². The van der Waals surface area contributed by atoms with Crippen LogP contribution in [-0.4, -0.2) is 7.11 Å². The van der Waals surface area contributed by atoms with Gasteiger partial charge >= 0.3 is 0 Å². The first-order valence-electron chi connectivity index (χ1n) is 5.79. The molecule has 1 rings (SSSR count). The summed E-state index contributed by atoms with van der Waals surface area (Å²) in [6.07, 6.45) is 1.16. The van der Waals surface area contributed by atoms with Crippen molar-refractivity contribution in [3.8, 4) is 0 Å². The largest absolute Gasteiger partial charge is 0.380 e. The molecule has 1 aromatic rings. The van der Waals surface area contributed by atoms with Gasteiger partial charge in [0.25, 0.3) is 0 Å². The monoisotopic (exact) mass is 208 g/mol. The zero-order chi connectivity index (χ0) is 11.7. The van der Waals surface area contributed by atoms with Crippen molar-refractivity contribution in [2.24, 2.45) is 5.92 Å². The van der Waals surface area contributed by atoms with Gasteiger partial charge < -0.3 is 4.74 Å². The second-order valence-corrected chi connectivity index (χ2v) is 3.85. The third-order valence-corrected chi connectivity index (χ3v) is 1.98. The average molecular weight is 208 g/mol. The minimum Gasteiger partial charge on any atom is -0.380 e. The molecule has 0 aromatic heterocycles. The Morgan fingerprint density at radius 2 is 1.47 bits per heavy atom. The number of hydrogen-bond acceptors (Lipinski definition) is 1. The summed E-state index contributed by atoms with van der Waals surface area (Å²) >= 11 is 0. The van der Waals surface area contributed by atoms with E-state index < -0.39 is 0 Å². The zero-order valence-corrected chi connectivity index (χ0v) is 10.7. The van der Waals surface area contributed by atoms with Gasteiger partial charge in [0.05, 0.1) is 6.61 Å². The molecule has 0 heterocycles. The molecule has 0 saturated heterocycles. The maximum Gasteiger partial charge on any atom is 0.0713 e. The Bertz CT molecular complexity index is 236. The summed E-state index contributed by atoms with van der Waals surface area (Å²) in [5.74, 6) is 0.730. The Labute approximate surface area is 94.5 Å². The SMILES string of the molecule is CC.COCc1ccc(CC(C)C)cc1. The van der Waals surface area contributed by atoms with E-state index in [-0.39, 0.29) is 0 Å². The quantitative estimate of drug-likeness (QED) is 0.725. The number of rotatable bonds is 4. The van der Waals surface area contributed by atoms with E-state index in [1.807, 2.05) is 13.8 Å². The van der Waals surface area contributed by atoms with Crippen molar-refractivity contribution in [1.82, 2.24) is 0 Å². The third kappa shape index (κ3) is 6.29. The molecule has 0 unspecified atom stereocenters. The van der Waals surface area contributed by atoms with Gasteiger partial charge in [-0.25, -0.2) is 0 Å². The van der Waals surface area contributed by atoms with Crippen LogP contribution in [0.4, 0.5) is 0 Å². The summed E-state index contributed by atoms with van der Waals surface area (Å²) in [5.41, 5.74) is 2.66. The molecule has 0 aliphatic heterocycles. The third-order valence-electron chi connectivity index (χ3n) is 1.98. The highest BCUT2D eigenvalue weighted by molar-refractivity contribution is 5.22. The minimum atomic E-state index is 0.710. The summed E-state index contributed by atoms with van der Waals surface area (Å²) in [4.78, 5) is 0. The average Bonchev–Trinajstić information content (AvgIpc) is 2.24. The molecule has 15 heavy (non-hydrogen) atoms. The second-order valence-electron chi connectivity index (χ2n) is 3.85. The molecule has 1 aromatic carbocycles. The van der Waals surface area contributed by atoms with Crippen LogP contribution in [0.2, 0.25) is 0 Å². The van der Waals surface area contributed by atoms with Gasteiger partial charge in [-0.1, -0.05) is 52.0 Å². The zero-order valence-electron chi connectivity index (χ0n) is 10.7. The van der Waals surface area contributed by atoms with Crippen molar-refractivity contribution in [1.29, 1.82) is 0 Å². The van der Waals surface area contributed by atoms with Gasteiger partial charge in [0.2, 0.25) is 0 Å². The summed E-state index contributed by atoms with van der Waals surface area (Å²) in [5, 5.41) is 0. The first-order valence-corrected chi connectivity index (χ1v) is 5.79. The molecule has 0 aliphatic rings. The molecule has 0 spiro atoms. The fourth-order valence-corrected chi connectivity index (χ4v) is 1.41. The summed E-state index contributed by atoms with van der Waals surface area (Å²) in [6, 6.07) is 8.66. The van der Waals surface area contributed by atoms with Crippen LogP contribution >= 0.6 is 0 Å². The highest BCUT2D eigenvalue weighted by atomic mass is 16.5. The van der Waals surface area contributed by atoms with Gasteiger partial charge in [-0.3, -0.25) is 0 Å². The van der Waals surface area contributed by atoms with E-state index in [9.17, 15) is 0 Å². The summed E-state index contributed by atoms with van der Waals surface area (Å²) in [6.45, 7) is 9.19. The Morgan fingerprint density at radius 3 is 1.87 bits per heavy atom. The second kappa shape index (κ2) is 8.49. The lowest BCUT2D eigenvalue weighted by molar-refractivity contribution is 0.185. The standard InChI is InChI=1S/C12H18O.C2H6/c1-10(2)8-11-4-6-12(7-5-11)9-13-3;1-2/h4-7,10H,8-9H2,1-3H3;1-2H3. The fraction of sp³-hybridized carbons (Fsp3) is 0.571. The lowest BCUT2D eigenvalue weighted by Crippen LogP contribution is -1.94. The molecular weight excluding hydrogens is 184 g/mol. The molecule has 86 valence electrons. The Balaban J connectivity index is 0.000000921. The minimum absolute atomic E-state index is 0.710. The normalized spacial score (nSPS) is 9.73. The lowest BCUT2D eigenvalue weighted by Gasteiger charge is -2.05. The molecule has 0 amide bonds. The molecule has 0 saturated carbocycles. The van der Waals surface area contributed by atoms with Gasteiger partial charge in [-0.05, 0) is 23.5 Å². The molecule has 0 N–H and O–H groups in total. The smallest absolute Gasteiger partial charge is 0.0713 e. The van der Waals surface area contributed by atoms with Crippen molar-refractivity contribution in [3.05, 3.63) is 35.4 Å². The fourth-order valence-electron chi connectivity index (χ4n) is 1.41. The van der Waals surface area contributed by atoms with Crippen molar-refractivity contribution >= 4 is 0 Å². The van der Waals surface area contributed by atoms with Gasteiger partial charge in [-0.2, -0.15) is 0 Å². The molecular formula is C14H24O. The molecule has 0 fully saturated rings.